The molecule has 86 heavy (non-hydrogen) atoms. The van der Waals surface area contributed by atoms with Gasteiger partial charge in [0.05, 0.1) is 67.5 Å². The molecule has 18 heteroatoms. The highest BCUT2D eigenvalue weighted by molar-refractivity contribution is 5.97. The number of amides is 3. The Balaban J connectivity index is 0.000000143. The molecule has 9 aliphatic rings. The summed E-state index contributed by atoms with van der Waals surface area (Å²) in [6.45, 7) is 6.58. The van der Waals surface area contributed by atoms with E-state index in [4.69, 9.17) is 29.5 Å². The molecule has 3 aromatic rings. The van der Waals surface area contributed by atoms with Gasteiger partial charge in [-0.3, -0.25) is 38.0 Å². The van der Waals surface area contributed by atoms with Crippen LogP contribution in [0, 0.1) is 11.8 Å². The van der Waals surface area contributed by atoms with E-state index in [0.29, 0.717) is 74.2 Å². The minimum atomic E-state index is -0.301. The lowest BCUT2D eigenvalue weighted by atomic mass is 9.84. The highest BCUT2D eigenvalue weighted by Crippen LogP contribution is 2.38. The molecule has 3 heterocycles. The number of ether oxygens (including phenoxy) is 3. The first-order chi connectivity index (χ1) is 42.0. The normalized spacial score (nSPS) is 23.5. The number of carbonyl (C=O) groups is 6. The van der Waals surface area contributed by atoms with Crippen molar-refractivity contribution in [3.63, 3.8) is 0 Å². The van der Waals surface area contributed by atoms with Gasteiger partial charge in [-0.1, -0.05) is 77.0 Å². The van der Waals surface area contributed by atoms with E-state index in [-0.39, 0.29) is 59.5 Å². The van der Waals surface area contributed by atoms with Crippen LogP contribution in [-0.2, 0) is 78.3 Å². The average molecular weight is 1190 g/mol. The topological polar surface area (TPSA) is 220 Å². The van der Waals surface area contributed by atoms with Gasteiger partial charge in [-0.15, -0.1) is 0 Å². The van der Waals surface area contributed by atoms with Crippen molar-refractivity contribution in [2.24, 2.45) is 11.8 Å². The van der Waals surface area contributed by atoms with Crippen LogP contribution in [0.25, 0.3) is 0 Å². The Kier molecular flexibility index (Phi) is 22.7. The molecule has 0 aliphatic heterocycles. The molecule has 4 atom stereocenters. The monoisotopic (exact) mass is 1190 g/mol. The summed E-state index contributed by atoms with van der Waals surface area (Å²) in [5.74, 6) is -1.35. The summed E-state index contributed by atoms with van der Waals surface area (Å²) >= 11 is 0. The summed E-state index contributed by atoms with van der Waals surface area (Å²) in [4.78, 5) is 76.0. The first-order valence-electron chi connectivity index (χ1n) is 34.5. The lowest BCUT2D eigenvalue weighted by Crippen LogP contribution is -2.46. The number of aromatic nitrogens is 6. The zero-order valence-corrected chi connectivity index (χ0v) is 52.4. The number of hydrogen-bond acceptors (Lipinski definition) is 12. The van der Waals surface area contributed by atoms with Gasteiger partial charge < -0.3 is 30.2 Å². The van der Waals surface area contributed by atoms with Crippen molar-refractivity contribution < 1.29 is 43.0 Å². The number of rotatable bonds is 16. The lowest BCUT2D eigenvalue weighted by molar-refractivity contribution is -0.150. The van der Waals surface area contributed by atoms with E-state index in [1.165, 1.54) is 132 Å². The van der Waals surface area contributed by atoms with E-state index >= 15 is 0 Å². The molecular weight excluding hydrogens is 1090 g/mol. The molecule has 18 nitrogen and oxygen atoms in total. The van der Waals surface area contributed by atoms with Gasteiger partial charge in [0.1, 0.15) is 0 Å². The number of nitrogens with zero attached hydrogens (tertiary/aromatic N) is 6. The predicted molar refractivity (Wildman–Crippen MR) is 327 cm³/mol. The first-order valence-corrected chi connectivity index (χ1v) is 34.5. The third kappa shape index (κ3) is 15.2. The van der Waals surface area contributed by atoms with E-state index in [0.717, 1.165) is 138 Å². The zero-order valence-electron chi connectivity index (χ0n) is 52.4. The van der Waals surface area contributed by atoms with Gasteiger partial charge in [0.25, 0.3) is 11.8 Å². The fourth-order valence-corrected chi connectivity index (χ4v) is 16.0. The van der Waals surface area contributed by atoms with E-state index in [1.807, 2.05) is 13.8 Å². The van der Waals surface area contributed by atoms with Crippen LogP contribution in [0.15, 0.2) is 11.3 Å². The number of hydrogen-bond donors (Lipinski definition) is 3. The second-order valence-electron chi connectivity index (χ2n) is 26.1. The fourth-order valence-electron chi connectivity index (χ4n) is 16.0. The van der Waals surface area contributed by atoms with Crippen molar-refractivity contribution in [2.45, 2.75) is 295 Å². The lowest BCUT2D eigenvalue weighted by Gasteiger charge is -2.30. The van der Waals surface area contributed by atoms with Crippen molar-refractivity contribution in [2.75, 3.05) is 19.8 Å². The molecule has 0 saturated heterocycles. The maximum atomic E-state index is 13.2. The largest absolute Gasteiger partial charge is 0.466 e. The number of allylic oxidation sites excluding steroid dienone is 1. The summed E-state index contributed by atoms with van der Waals surface area (Å²) in [6, 6.07) is 1.14. The molecule has 472 valence electrons. The van der Waals surface area contributed by atoms with E-state index in [2.05, 4.69) is 30.0 Å². The summed E-state index contributed by atoms with van der Waals surface area (Å²) in [7, 11) is 0. The van der Waals surface area contributed by atoms with Gasteiger partial charge in [0, 0.05) is 46.0 Å². The van der Waals surface area contributed by atoms with Gasteiger partial charge in [0.15, 0.2) is 11.4 Å². The Morgan fingerprint density at radius 1 is 0.419 bits per heavy atom. The highest BCUT2D eigenvalue weighted by Gasteiger charge is 2.39. The molecule has 3 N–H and O–H groups in total. The van der Waals surface area contributed by atoms with Crippen molar-refractivity contribution in [1.29, 1.82) is 0 Å². The van der Waals surface area contributed by atoms with Crippen LogP contribution in [-0.4, -0.2) is 96.9 Å². The van der Waals surface area contributed by atoms with Crippen molar-refractivity contribution >= 4 is 35.6 Å². The quantitative estimate of drug-likeness (QED) is 0.0901. The van der Waals surface area contributed by atoms with E-state index in [9.17, 15) is 28.8 Å². The standard InChI is InChI=1S/C24H37N3O3.C22H33N3O3.C22H31N3O3/c1-2-30-24(29)19-13-6-8-14-20(19)25-23(28)16-21-18-12-7-9-15-22(18)27(26-21)17-10-4-3-5-11-17;2*1-2-28-22(27)16-12-8-13-18(16)23-21(26)20-17-11-6-7-14-19(17)25(24-20)15-9-4-3-5-10-15/h17,19-20H,2-16H2,1H3,(H,25,28);15-16,18H,2-14H2,1H3,(H,23,26);15H,2-14H2,1H3,(H,23,26)/t19-,20-;16-,18+;/m00./s1. The fraction of sp³-hybridized carbons (Fsp3) is 0.750. The molecule has 3 amide bonds. The number of carbonyl (C=O) groups excluding carboxylic acids is 6. The molecule has 0 bridgehead atoms. The Labute approximate surface area is 510 Å². The van der Waals surface area contributed by atoms with Crippen LogP contribution in [0.3, 0.4) is 0 Å². The molecule has 12 rings (SSSR count). The molecule has 0 unspecified atom stereocenters. The number of fused-ring (bicyclic) bond motifs is 3. The van der Waals surface area contributed by atoms with E-state index < -0.39 is 0 Å². The Hall–Kier alpha value is -5.81. The summed E-state index contributed by atoms with van der Waals surface area (Å²) < 4.78 is 22.3. The Bertz CT molecular complexity index is 2860. The molecule has 0 spiro atoms. The van der Waals surface area contributed by atoms with Crippen LogP contribution in [0.2, 0.25) is 0 Å². The van der Waals surface area contributed by atoms with Crippen LogP contribution in [0.5, 0.6) is 0 Å². The molecule has 5 saturated carbocycles. The number of esters is 3. The second-order valence-corrected chi connectivity index (χ2v) is 26.1. The summed E-state index contributed by atoms with van der Waals surface area (Å²) in [6.07, 6.45) is 40.5. The third-order valence-electron chi connectivity index (χ3n) is 20.4. The zero-order chi connectivity index (χ0) is 59.9. The molecule has 0 radical (unpaired) electrons. The first kappa shape index (κ1) is 63.2. The minimum Gasteiger partial charge on any atom is -0.466 e. The molecule has 9 aliphatic carbocycles. The third-order valence-corrected chi connectivity index (χ3v) is 20.4. The molecule has 0 aromatic carbocycles. The van der Waals surface area contributed by atoms with Crippen LogP contribution < -0.4 is 16.0 Å². The smallest absolute Gasteiger partial charge is 0.335 e. The Morgan fingerprint density at radius 3 is 1.38 bits per heavy atom. The van der Waals surface area contributed by atoms with Crippen LogP contribution in [0.4, 0.5) is 0 Å². The predicted octanol–water partition coefficient (Wildman–Crippen LogP) is 11.8. The molecule has 3 aromatic heterocycles. The maximum absolute atomic E-state index is 13.2. The SMILES string of the molecule is CCOC(=O)C1=C(NC(=O)c2nn(C3CCCCC3)c3c2CCCC3)CCC1.CCOC(=O)[C@H]1CCCC[C@@H]1NC(=O)Cc1nn(C2CCCCC2)c2c1CCCC2.CCOC(=O)[C@H]1CCC[C@H]1NC(=O)c1nn(C2CCCCC2)c2c1CCCC2. The molecule has 5 fully saturated rings. The van der Waals surface area contributed by atoms with Gasteiger partial charge in [-0.25, -0.2) is 4.79 Å². The van der Waals surface area contributed by atoms with Crippen LogP contribution >= 0.6 is 0 Å². The summed E-state index contributed by atoms with van der Waals surface area (Å²) in [5, 5.41) is 24.0. The van der Waals surface area contributed by atoms with Crippen molar-refractivity contribution in [3.8, 4) is 0 Å². The minimum absolute atomic E-state index is 0.00198. The van der Waals surface area contributed by atoms with Gasteiger partial charge in [-0.05, 0) is 187 Å². The van der Waals surface area contributed by atoms with Crippen molar-refractivity contribution in [1.82, 2.24) is 45.3 Å². The van der Waals surface area contributed by atoms with E-state index in [1.54, 1.807) is 6.92 Å². The Morgan fingerprint density at radius 2 is 0.849 bits per heavy atom. The average Bonchev–Trinajstić information content (AvgIpc) is 2.44. The second kappa shape index (κ2) is 30.9. The number of nitrogens with one attached hydrogen (secondary N) is 3. The van der Waals surface area contributed by atoms with Gasteiger partial charge in [-0.2, -0.15) is 15.3 Å². The van der Waals surface area contributed by atoms with Gasteiger partial charge in [0.2, 0.25) is 5.91 Å². The van der Waals surface area contributed by atoms with Gasteiger partial charge >= 0.3 is 17.9 Å². The van der Waals surface area contributed by atoms with Crippen molar-refractivity contribution in [3.05, 3.63) is 62.1 Å². The highest BCUT2D eigenvalue weighted by atomic mass is 16.5. The summed E-state index contributed by atoms with van der Waals surface area (Å²) in [5.41, 5.74) is 11.0. The molecular formula is C68H101N9O9. The maximum Gasteiger partial charge on any atom is 0.335 e. The van der Waals surface area contributed by atoms with Crippen LogP contribution in [0.1, 0.15) is 298 Å².